The van der Waals surface area contributed by atoms with Crippen molar-refractivity contribution in [1.82, 2.24) is 4.90 Å². The molecule has 1 aliphatic carbocycles. The minimum atomic E-state index is -0.0706. The molecular formula is C18H27Cl2NO. The summed E-state index contributed by atoms with van der Waals surface area (Å²) >= 11 is 12.7. The van der Waals surface area contributed by atoms with Crippen molar-refractivity contribution in [1.29, 1.82) is 0 Å². The molecule has 2 saturated heterocycles. The van der Waals surface area contributed by atoms with E-state index in [1.807, 2.05) is 0 Å². The number of allylic oxidation sites excluding steroid dienone is 4. The van der Waals surface area contributed by atoms with Gasteiger partial charge < -0.3 is 9.64 Å². The van der Waals surface area contributed by atoms with Crippen LogP contribution in [0.25, 0.3) is 0 Å². The highest BCUT2D eigenvalue weighted by atomic mass is 35.5. The lowest BCUT2D eigenvalue weighted by Gasteiger charge is -2.44. The highest BCUT2D eigenvalue weighted by molar-refractivity contribution is 6.37. The summed E-state index contributed by atoms with van der Waals surface area (Å²) in [5.41, 5.74) is 1.39. The standard InChI is InChI=1S/C18H27Cl2NO/c1-4-22-10-15-14(9-13-5-6-17(15)21(13)3)12-7-11(2)18(20)16(19)8-12/h7-8,11,13-15,17-18H,4-6,9-10H2,1-3H3. The average Bonchev–Trinajstić information content (AvgIpc) is 2.74. The molecule has 0 aromatic heterocycles. The van der Waals surface area contributed by atoms with Crippen molar-refractivity contribution in [2.75, 3.05) is 20.3 Å². The predicted octanol–water partition coefficient (Wildman–Crippen LogP) is 4.43. The molecule has 0 N–H and O–H groups in total. The highest BCUT2D eigenvalue weighted by Crippen LogP contribution is 2.46. The first kappa shape index (κ1) is 16.8. The van der Waals surface area contributed by atoms with E-state index in [1.165, 1.54) is 24.8 Å². The Kier molecular flexibility index (Phi) is 5.23. The molecule has 3 aliphatic rings. The first-order chi connectivity index (χ1) is 10.5. The van der Waals surface area contributed by atoms with Crippen LogP contribution in [0.2, 0.25) is 0 Å². The molecule has 2 nitrogen and oxygen atoms in total. The zero-order chi connectivity index (χ0) is 15.9. The highest BCUT2D eigenvalue weighted by Gasteiger charge is 2.46. The zero-order valence-electron chi connectivity index (χ0n) is 13.8. The maximum Gasteiger partial charge on any atom is 0.0752 e. The number of ether oxygens (including phenoxy) is 1. The van der Waals surface area contributed by atoms with E-state index in [0.29, 0.717) is 29.8 Å². The van der Waals surface area contributed by atoms with Crippen molar-refractivity contribution in [2.45, 2.75) is 50.6 Å². The molecule has 4 heteroatoms. The third-order valence-corrected chi connectivity index (χ3v) is 6.95. The van der Waals surface area contributed by atoms with E-state index in [-0.39, 0.29) is 5.38 Å². The van der Waals surface area contributed by atoms with E-state index in [9.17, 15) is 0 Å². The molecule has 0 aromatic rings. The van der Waals surface area contributed by atoms with Gasteiger partial charge in [0.05, 0.1) is 12.0 Å². The van der Waals surface area contributed by atoms with Crippen LogP contribution in [0.1, 0.15) is 33.1 Å². The zero-order valence-corrected chi connectivity index (χ0v) is 15.3. The van der Waals surface area contributed by atoms with E-state index in [0.717, 1.165) is 18.2 Å². The lowest BCUT2D eigenvalue weighted by atomic mass is 9.74. The van der Waals surface area contributed by atoms with Gasteiger partial charge in [0.15, 0.2) is 0 Å². The van der Waals surface area contributed by atoms with Gasteiger partial charge in [0.2, 0.25) is 0 Å². The van der Waals surface area contributed by atoms with Gasteiger partial charge in [-0.15, -0.1) is 11.6 Å². The lowest BCUT2D eigenvalue weighted by Crippen LogP contribution is -2.48. The van der Waals surface area contributed by atoms with Gasteiger partial charge in [-0.25, -0.2) is 0 Å². The number of nitrogens with zero attached hydrogens (tertiary/aromatic N) is 1. The SMILES string of the molecule is CCOCC1C(C2=CC(C)C(Cl)C(Cl)=C2)CC2CCC1N2C. The first-order valence-corrected chi connectivity index (χ1v) is 9.36. The summed E-state index contributed by atoms with van der Waals surface area (Å²) in [6, 6.07) is 1.36. The second-order valence-electron chi connectivity index (χ2n) is 7.09. The minimum absolute atomic E-state index is 0.0706. The molecule has 0 spiro atoms. The quantitative estimate of drug-likeness (QED) is 0.700. The Hall–Kier alpha value is -0.0200. The van der Waals surface area contributed by atoms with E-state index < -0.39 is 0 Å². The van der Waals surface area contributed by atoms with Crippen molar-refractivity contribution in [3.63, 3.8) is 0 Å². The number of fused-ring (bicyclic) bond motifs is 2. The molecule has 6 atom stereocenters. The van der Waals surface area contributed by atoms with Crippen molar-refractivity contribution in [3.05, 3.63) is 22.8 Å². The maximum atomic E-state index is 6.39. The summed E-state index contributed by atoms with van der Waals surface area (Å²) in [6.45, 7) is 5.88. The molecule has 0 aromatic carbocycles. The van der Waals surface area contributed by atoms with Crippen LogP contribution in [-0.2, 0) is 4.74 Å². The van der Waals surface area contributed by atoms with Crippen LogP contribution in [0.15, 0.2) is 22.8 Å². The monoisotopic (exact) mass is 343 g/mol. The Labute approximate surface area is 144 Å². The molecule has 2 aliphatic heterocycles. The summed E-state index contributed by atoms with van der Waals surface area (Å²) in [4.78, 5) is 2.59. The lowest BCUT2D eigenvalue weighted by molar-refractivity contribution is 0.0143. The summed E-state index contributed by atoms with van der Waals surface area (Å²) < 4.78 is 5.83. The first-order valence-electron chi connectivity index (χ1n) is 8.55. The van der Waals surface area contributed by atoms with Crippen LogP contribution in [0.3, 0.4) is 0 Å². The fourth-order valence-electron chi connectivity index (χ4n) is 4.60. The van der Waals surface area contributed by atoms with Crippen molar-refractivity contribution in [3.8, 4) is 0 Å². The topological polar surface area (TPSA) is 12.5 Å². The van der Waals surface area contributed by atoms with E-state index in [2.05, 4.69) is 37.9 Å². The minimum Gasteiger partial charge on any atom is -0.381 e. The van der Waals surface area contributed by atoms with Gasteiger partial charge in [-0.1, -0.05) is 24.6 Å². The van der Waals surface area contributed by atoms with Crippen LogP contribution in [0.4, 0.5) is 0 Å². The summed E-state index contributed by atoms with van der Waals surface area (Å²) in [5, 5.41) is 0.729. The molecule has 0 radical (unpaired) electrons. The summed E-state index contributed by atoms with van der Waals surface area (Å²) in [5.74, 6) is 1.43. The molecular weight excluding hydrogens is 317 g/mol. The van der Waals surface area contributed by atoms with Crippen LogP contribution in [0, 0.1) is 17.8 Å². The van der Waals surface area contributed by atoms with E-state index in [4.69, 9.17) is 27.9 Å². The number of alkyl halides is 1. The Morgan fingerprint density at radius 3 is 2.82 bits per heavy atom. The molecule has 2 bridgehead atoms. The van der Waals surface area contributed by atoms with Crippen LogP contribution >= 0.6 is 23.2 Å². The molecule has 3 rings (SSSR count). The Balaban J connectivity index is 1.86. The maximum absolute atomic E-state index is 6.39. The summed E-state index contributed by atoms with van der Waals surface area (Å²) in [7, 11) is 2.28. The van der Waals surface area contributed by atoms with Crippen LogP contribution < -0.4 is 0 Å². The molecule has 2 heterocycles. The van der Waals surface area contributed by atoms with Crippen LogP contribution in [0.5, 0.6) is 0 Å². The number of piperidine rings is 1. The second kappa shape index (κ2) is 6.84. The van der Waals surface area contributed by atoms with E-state index in [1.54, 1.807) is 0 Å². The predicted molar refractivity (Wildman–Crippen MR) is 93.5 cm³/mol. The molecule has 22 heavy (non-hydrogen) atoms. The van der Waals surface area contributed by atoms with Gasteiger partial charge in [-0.05, 0) is 56.7 Å². The van der Waals surface area contributed by atoms with E-state index >= 15 is 0 Å². The Morgan fingerprint density at radius 1 is 1.36 bits per heavy atom. The Morgan fingerprint density at radius 2 is 2.14 bits per heavy atom. The van der Waals surface area contributed by atoms with Gasteiger partial charge in [0, 0.05) is 29.6 Å². The van der Waals surface area contributed by atoms with Gasteiger partial charge in [-0.3, -0.25) is 0 Å². The Bertz CT molecular complexity index is 476. The normalized spacial score (nSPS) is 42.2. The molecule has 0 amide bonds. The third-order valence-electron chi connectivity index (χ3n) is 5.86. The van der Waals surface area contributed by atoms with Gasteiger partial charge in [-0.2, -0.15) is 0 Å². The summed E-state index contributed by atoms with van der Waals surface area (Å²) in [6.07, 6.45) is 8.31. The molecule has 124 valence electrons. The second-order valence-corrected chi connectivity index (χ2v) is 7.99. The van der Waals surface area contributed by atoms with Crippen LogP contribution in [-0.4, -0.2) is 42.6 Å². The number of hydrogen-bond acceptors (Lipinski definition) is 2. The average molecular weight is 344 g/mol. The number of halogens is 2. The largest absolute Gasteiger partial charge is 0.381 e. The number of hydrogen-bond donors (Lipinski definition) is 0. The number of rotatable bonds is 4. The van der Waals surface area contributed by atoms with Gasteiger partial charge in [0.1, 0.15) is 0 Å². The fraction of sp³-hybridized carbons (Fsp3) is 0.778. The van der Waals surface area contributed by atoms with Gasteiger partial charge in [0.25, 0.3) is 0 Å². The van der Waals surface area contributed by atoms with Crippen molar-refractivity contribution < 1.29 is 4.74 Å². The third kappa shape index (κ3) is 3.00. The molecule has 0 saturated carbocycles. The van der Waals surface area contributed by atoms with Crippen molar-refractivity contribution in [2.24, 2.45) is 17.8 Å². The smallest absolute Gasteiger partial charge is 0.0752 e. The fourth-order valence-corrected chi connectivity index (χ4v) is 5.06. The van der Waals surface area contributed by atoms with Gasteiger partial charge >= 0.3 is 0 Å². The molecule has 2 fully saturated rings. The van der Waals surface area contributed by atoms with Crippen molar-refractivity contribution >= 4 is 23.2 Å². The molecule has 6 unspecified atom stereocenters.